The van der Waals surface area contributed by atoms with Crippen molar-refractivity contribution >= 4 is 117 Å². The number of hydrogen-bond acceptors (Lipinski definition) is 4. The summed E-state index contributed by atoms with van der Waals surface area (Å²) in [7, 11) is 0. The molecule has 0 aliphatic rings. The second kappa shape index (κ2) is 25.7. The molecule has 19 rings (SSSR count). The largest absolute Gasteiger partial charge is 0.316 e. The lowest BCUT2D eigenvalue weighted by atomic mass is 9.97. The van der Waals surface area contributed by atoms with Gasteiger partial charge in [-0.25, -0.2) is 0 Å². The predicted molar refractivity (Wildman–Crippen MR) is 436 cm³/mol. The molecule has 0 saturated heterocycles. The summed E-state index contributed by atoms with van der Waals surface area (Å²) in [5.74, 6) is 0. The Bertz CT molecular complexity index is 6460. The fraction of sp³-hybridized carbons (Fsp3) is 0. The highest BCUT2D eigenvalue weighted by Gasteiger charge is 2.22. The van der Waals surface area contributed by atoms with Gasteiger partial charge >= 0.3 is 0 Å². The van der Waals surface area contributed by atoms with E-state index in [0.717, 1.165) is 123 Å². The Hall–Kier alpha value is -13.5. The van der Waals surface area contributed by atoms with E-state index in [9.17, 15) is 0 Å². The van der Waals surface area contributed by atoms with Crippen LogP contribution in [0.5, 0.6) is 0 Å². The molecular formula is C96H64N6S. The number of fused-ring (bicyclic) bond motifs is 10. The molecule has 484 valence electrons. The number of nitrogens with zero attached hydrogens (tertiary/aromatic N) is 6. The van der Waals surface area contributed by atoms with Gasteiger partial charge in [-0.3, -0.25) is 0 Å². The van der Waals surface area contributed by atoms with Gasteiger partial charge in [-0.15, -0.1) is 0 Å². The predicted octanol–water partition coefficient (Wildman–Crippen LogP) is 26.2. The van der Waals surface area contributed by atoms with Crippen LogP contribution in [0.2, 0.25) is 0 Å². The van der Waals surface area contributed by atoms with Crippen LogP contribution in [0.15, 0.2) is 377 Å². The van der Waals surface area contributed by atoms with Gasteiger partial charge in [0, 0.05) is 66.8 Å². The highest BCUT2D eigenvalue weighted by molar-refractivity contribution is 7.00. The zero-order valence-electron chi connectivity index (χ0n) is 56.1. The monoisotopic (exact) mass is 1330 g/mol. The number of benzene rings is 15. The van der Waals surface area contributed by atoms with Crippen molar-refractivity contribution in [2.45, 2.75) is 0 Å². The van der Waals surface area contributed by atoms with Gasteiger partial charge in [0.1, 0.15) is 11.0 Å². The molecule has 0 fully saturated rings. The Kier molecular flexibility index (Phi) is 15.1. The normalized spacial score (nSPS) is 11.9. The smallest absolute Gasteiger partial charge is 0.129 e. The third kappa shape index (κ3) is 10.8. The molecule has 103 heavy (non-hydrogen) atoms. The first-order chi connectivity index (χ1) is 51.0. The van der Waals surface area contributed by atoms with Crippen LogP contribution in [-0.4, -0.2) is 22.4 Å². The molecule has 0 N–H and O–H groups in total. The summed E-state index contributed by atoms with van der Waals surface area (Å²) in [4.78, 5) is 2.27. The van der Waals surface area contributed by atoms with Gasteiger partial charge in [-0.1, -0.05) is 261 Å². The third-order valence-corrected chi connectivity index (χ3v) is 21.0. The van der Waals surface area contributed by atoms with Crippen molar-refractivity contribution < 1.29 is 0 Å². The van der Waals surface area contributed by atoms with E-state index in [-0.39, 0.29) is 0 Å². The fourth-order valence-electron chi connectivity index (χ4n) is 15.4. The fourth-order valence-corrected chi connectivity index (χ4v) is 15.9. The quantitative estimate of drug-likeness (QED) is 0.0961. The summed E-state index contributed by atoms with van der Waals surface area (Å²) >= 11 is 1.25. The maximum atomic E-state index is 4.96. The van der Waals surface area contributed by atoms with Crippen molar-refractivity contribution in [2.75, 3.05) is 4.90 Å². The molecule has 0 atom stereocenters. The van der Waals surface area contributed by atoms with Crippen LogP contribution in [-0.2, 0) is 0 Å². The summed E-state index contributed by atoms with van der Waals surface area (Å²) in [6, 6.07) is 128. The van der Waals surface area contributed by atoms with Gasteiger partial charge < -0.3 is 18.6 Å². The lowest BCUT2D eigenvalue weighted by Crippen LogP contribution is -2.10. The minimum Gasteiger partial charge on any atom is -0.316 e. The van der Waals surface area contributed by atoms with Crippen molar-refractivity contribution in [3.05, 3.63) is 382 Å². The molecule has 15 aromatic carbocycles. The zero-order chi connectivity index (χ0) is 68.3. The summed E-state index contributed by atoms with van der Waals surface area (Å²) in [5, 5.41) is 7.26. The van der Waals surface area contributed by atoms with Crippen LogP contribution in [0.25, 0.3) is 166 Å². The number of rotatable bonds is 15. The molecular weight excluding hydrogens is 1270 g/mol. The Morgan fingerprint density at radius 3 is 1.28 bits per heavy atom. The minimum atomic E-state index is 0.862. The summed E-state index contributed by atoms with van der Waals surface area (Å²) in [5.41, 5.74) is 29.9. The van der Waals surface area contributed by atoms with Gasteiger partial charge in [0.15, 0.2) is 0 Å². The van der Waals surface area contributed by atoms with E-state index < -0.39 is 0 Å². The van der Waals surface area contributed by atoms with Crippen molar-refractivity contribution in [3.8, 4) is 78.1 Å². The van der Waals surface area contributed by atoms with Crippen LogP contribution < -0.4 is 4.90 Å². The zero-order valence-corrected chi connectivity index (χ0v) is 56.9. The summed E-state index contributed by atoms with van der Waals surface area (Å²) in [6.45, 7) is 4.13. The topological polar surface area (TPSA) is 43.8 Å². The number of aromatic nitrogens is 5. The Morgan fingerprint density at radius 2 is 0.709 bits per heavy atom. The Morgan fingerprint density at radius 1 is 0.311 bits per heavy atom. The summed E-state index contributed by atoms with van der Waals surface area (Å²) in [6.07, 6.45) is 8.35. The molecule has 0 unspecified atom stereocenters. The first-order valence-corrected chi connectivity index (χ1v) is 35.6. The van der Waals surface area contributed by atoms with Crippen LogP contribution >= 0.6 is 11.7 Å². The van der Waals surface area contributed by atoms with Crippen molar-refractivity contribution in [1.82, 2.24) is 22.4 Å². The number of para-hydroxylation sites is 4. The van der Waals surface area contributed by atoms with E-state index >= 15 is 0 Å². The van der Waals surface area contributed by atoms with Crippen LogP contribution in [0, 0.1) is 0 Å². The molecule has 19 aromatic rings. The first-order valence-electron chi connectivity index (χ1n) is 34.9. The highest BCUT2D eigenvalue weighted by atomic mass is 32.1. The van der Waals surface area contributed by atoms with Gasteiger partial charge in [-0.05, 0) is 188 Å². The maximum Gasteiger partial charge on any atom is 0.129 e. The van der Waals surface area contributed by atoms with Crippen LogP contribution in [0.1, 0.15) is 5.56 Å². The van der Waals surface area contributed by atoms with Crippen molar-refractivity contribution in [3.63, 3.8) is 0 Å². The molecule has 0 radical (unpaired) electrons. The first kappa shape index (κ1) is 60.7. The highest BCUT2D eigenvalue weighted by Crippen LogP contribution is 2.44. The SMILES string of the molecule is C=C/C(=C\C=C\n1c2ccccc2c2ccc(-c3ccc(-c4ccc5c(c4)c4cc(-c6ccc(-c7ccc8c9ccccc9n(-c9ccc(-c%10ccccc%10)cc9)c8c7)cc6)ccc4n5-c4ccc(-c5ccc(N(c6ccccc6)c6ccccc6)c6nsnc56)cc4)cc3)cc21)c1ccccc1. The van der Waals surface area contributed by atoms with Gasteiger partial charge in [-0.2, -0.15) is 8.75 Å². The lowest BCUT2D eigenvalue weighted by Gasteiger charge is -2.25. The Labute approximate surface area is 600 Å². The van der Waals surface area contributed by atoms with Crippen LogP contribution in [0.3, 0.4) is 0 Å². The average molecular weight is 1330 g/mol. The second-order valence-electron chi connectivity index (χ2n) is 26.3. The van der Waals surface area contributed by atoms with E-state index in [1.165, 1.54) is 71.8 Å². The molecule has 0 aliphatic carbocycles. The molecule has 0 amide bonds. The summed E-state index contributed by atoms with van der Waals surface area (Å²) < 4.78 is 17.1. The lowest BCUT2D eigenvalue weighted by molar-refractivity contribution is 1.18. The number of anilines is 3. The van der Waals surface area contributed by atoms with E-state index in [4.69, 9.17) is 8.75 Å². The molecule has 6 nitrogen and oxygen atoms in total. The number of hydrogen-bond donors (Lipinski definition) is 0. The maximum absolute atomic E-state index is 4.96. The van der Waals surface area contributed by atoms with E-state index in [2.05, 4.69) is 389 Å². The van der Waals surface area contributed by atoms with E-state index in [0.29, 0.717) is 0 Å². The second-order valence-corrected chi connectivity index (χ2v) is 26.8. The molecule has 0 spiro atoms. The van der Waals surface area contributed by atoms with Gasteiger partial charge in [0.25, 0.3) is 0 Å². The number of allylic oxidation sites excluding steroid dienone is 4. The van der Waals surface area contributed by atoms with Crippen molar-refractivity contribution in [1.29, 1.82) is 0 Å². The van der Waals surface area contributed by atoms with E-state index in [1.807, 2.05) is 12.1 Å². The third-order valence-electron chi connectivity index (χ3n) is 20.4. The molecule has 4 aromatic heterocycles. The van der Waals surface area contributed by atoms with Gasteiger partial charge in [0.05, 0.1) is 50.5 Å². The van der Waals surface area contributed by atoms with Crippen LogP contribution in [0.4, 0.5) is 17.1 Å². The standard InChI is InChI=1S/C96H64N6S/c1-2-64(65-20-7-3-8-21-65)24-19-59-99-88-31-17-15-29-82(88)84-53-45-75(62-93(84)99)70-37-33-68(34-38-70)73-47-56-90-86(60-73)87-61-74(69-35-39-71(40-36-69)76-46-54-85-83-30-16-18-32-89(83)102(94(85)63-76)80-49-41-67(42-50-80)66-22-9-4-10-23-66)48-57-91(87)101(90)79-51-43-72(44-52-79)81-55-58-92(96-95(81)97-103-98-96)100(77-25-11-5-12-26-77)78-27-13-6-14-28-78/h2-63H,1H2/b59-19+,64-24+. The molecule has 0 aliphatic heterocycles. The molecule has 7 heteroatoms. The van der Waals surface area contributed by atoms with Crippen molar-refractivity contribution in [2.24, 2.45) is 0 Å². The molecule has 0 saturated carbocycles. The minimum absolute atomic E-state index is 0.862. The van der Waals surface area contributed by atoms with Gasteiger partial charge in [0.2, 0.25) is 0 Å². The Balaban J connectivity index is 0.683. The average Bonchev–Trinajstić information content (AvgIpc) is 1.61. The molecule has 0 bridgehead atoms. The van der Waals surface area contributed by atoms with E-state index in [1.54, 1.807) is 0 Å². The molecule has 4 heterocycles.